The monoisotopic (exact) mass is 264 g/mol. The van der Waals surface area contributed by atoms with Gasteiger partial charge in [0.15, 0.2) is 0 Å². The molecular weight excluding hydrogens is 252 g/mol. The summed E-state index contributed by atoms with van der Waals surface area (Å²) in [5.41, 5.74) is 0.953. The highest BCUT2D eigenvalue weighted by Crippen LogP contribution is 2.40. The van der Waals surface area contributed by atoms with Crippen molar-refractivity contribution in [1.82, 2.24) is 0 Å². The summed E-state index contributed by atoms with van der Waals surface area (Å²) in [6.45, 7) is 0.756. The Morgan fingerprint density at radius 1 is 1.40 bits per heavy atom. The normalized spacial score (nSPS) is 17.6. The van der Waals surface area contributed by atoms with Crippen LogP contribution in [0.25, 0.3) is 0 Å². The number of nitriles is 1. The standard InChI is InChI=1S/C12H13BrN2/c13-10-4-1-2-5-11(10)15-9-12(8-14)6-3-7-12/h1-2,4-5,15H,3,6-7,9H2. The highest BCUT2D eigenvalue weighted by molar-refractivity contribution is 9.10. The zero-order valence-electron chi connectivity index (χ0n) is 8.46. The van der Waals surface area contributed by atoms with E-state index in [1.165, 1.54) is 6.42 Å². The zero-order chi connectivity index (χ0) is 10.7. The molecule has 0 heterocycles. The number of anilines is 1. The maximum Gasteiger partial charge on any atom is 0.0746 e. The fraction of sp³-hybridized carbons (Fsp3) is 0.417. The third-order valence-electron chi connectivity index (χ3n) is 3.04. The van der Waals surface area contributed by atoms with Gasteiger partial charge in [-0.3, -0.25) is 0 Å². The van der Waals surface area contributed by atoms with E-state index in [4.69, 9.17) is 5.26 Å². The summed E-state index contributed by atoms with van der Waals surface area (Å²) in [7, 11) is 0. The number of hydrogen-bond donors (Lipinski definition) is 1. The minimum absolute atomic E-state index is 0.116. The van der Waals surface area contributed by atoms with Gasteiger partial charge in [0.2, 0.25) is 0 Å². The molecule has 78 valence electrons. The first-order valence-electron chi connectivity index (χ1n) is 5.15. The van der Waals surface area contributed by atoms with Crippen molar-refractivity contribution in [2.24, 2.45) is 5.41 Å². The maximum absolute atomic E-state index is 9.08. The zero-order valence-corrected chi connectivity index (χ0v) is 10.0. The Bertz CT molecular complexity index is 391. The summed E-state index contributed by atoms with van der Waals surface area (Å²) in [4.78, 5) is 0. The second kappa shape index (κ2) is 4.24. The average molecular weight is 265 g/mol. The lowest BCUT2D eigenvalue weighted by atomic mass is 9.70. The van der Waals surface area contributed by atoms with Crippen molar-refractivity contribution in [3.05, 3.63) is 28.7 Å². The Labute approximate surface area is 98.4 Å². The van der Waals surface area contributed by atoms with Crippen molar-refractivity contribution in [3.63, 3.8) is 0 Å². The molecule has 2 rings (SSSR count). The molecule has 0 aromatic heterocycles. The molecule has 1 aliphatic rings. The van der Waals surface area contributed by atoms with Gasteiger partial charge in [0.05, 0.1) is 11.5 Å². The largest absolute Gasteiger partial charge is 0.383 e. The molecule has 0 unspecified atom stereocenters. The van der Waals surface area contributed by atoms with Crippen molar-refractivity contribution in [1.29, 1.82) is 5.26 Å². The number of nitrogens with zero attached hydrogens (tertiary/aromatic N) is 1. The van der Waals surface area contributed by atoms with E-state index in [2.05, 4.69) is 27.3 Å². The molecule has 1 aromatic carbocycles. The Balaban J connectivity index is 1.99. The first-order valence-corrected chi connectivity index (χ1v) is 5.95. The van der Waals surface area contributed by atoms with E-state index < -0.39 is 0 Å². The molecule has 0 bridgehead atoms. The number of halogens is 1. The lowest BCUT2D eigenvalue weighted by Crippen LogP contribution is -2.35. The van der Waals surface area contributed by atoms with Gasteiger partial charge >= 0.3 is 0 Å². The van der Waals surface area contributed by atoms with Crippen molar-refractivity contribution in [3.8, 4) is 6.07 Å². The SMILES string of the molecule is N#CC1(CNc2ccccc2Br)CCC1. The number of rotatable bonds is 3. The van der Waals surface area contributed by atoms with Crippen LogP contribution in [0, 0.1) is 16.7 Å². The summed E-state index contributed by atoms with van der Waals surface area (Å²) in [5.74, 6) is 0. The maximum atomic E-state index is 9.08. The molecule has 0 radical (unpaired) electrons. The van der Waals surface area contributed by atoms with Crippen molar-refractivity contribution in [2.45, 2.75) is 19.3 Å². The molecule has 0 saturated heterocycles. The van der Waals surface area contributed by atoms with Gasteiger partial charge in [0.1, 0.15) is 0 Å². The fourth-order valence-corrected chi connectivity index (χ4v) is 2.23. The molecule has 3 heteroatoms. The van der Waals surface area contributed by atoms with Gasteiger partial charge in [0.25, 0.3) is 0 Å². The van der Waals surface area contributed by atoms with Crippen LogP contribution >= 0.6 is 15.9 Å². The molecule has 15 heavy (non-hydrogen) atoms. The van der Waals surface area contributed by atoms with Gasteiger partial charge in [-0.15, -0.1) is 0 Å². The van der Waals surface area contributed by atoms with Crippen LogP contribution < -0.4 is 5.32 Å². The van der Waals surface area contributed by atoms with Gasteiger partial charge in [-0.05, 0) is 40.9 Å². The minimum atomic E-state index is -0.116. The molecule has 2 nitrogen and oxygen atoms in total. The van der Waals surface area contributed by atoms with Crippen LogP contribution in [0.15, 0.2) is 28.7 Å². The first-order chi connectivity index (χ1) is 7.26. The van der Waals surface area contributed by atoms with Crippen molar-refractivity contribution < 1.29 is 0 Å². The van der Waals surface area contributed by atoms with Crippen LogP contribution in [-0.2, 0) is 0 Å². The summed E-state index contributed by atoms with van der Waals surface area (Å²) < 4.78 is 1.05. The van der Waals surface area contributed by atoms with E-state index >= 15 is 0 Å². The quantitative estimate of drug-likeness (QED) is 0.907. The summed E-state index contributed by atoms with van der Waals surface area (Å²) in [6, 6.07) is 10.4. The highest BCUT2D eigenvalue weighted by atomic mass is 79.9. The molecule has 1 aliphatic carbocycles. The Hall–Kier alpha value is -1.01. The number of para-hydroxylation sites is 1. The molecule has 1 fully saturated rings. The van der Waals surface area contributed by atoms with E-state index in [0.717, 1.165) is 29.5 Å². The van der Waals surface area contributed by atoms with E-state index in [0.29, 0.717) is 0 Å². The lowest BCUT2D eigenvalue weighted by molar-refractivity contribution is 0.233. The van der Waals surface area contributed by atoms with Gasteiger partial charge in [0, 0.05) is 16.7 Å². The molecule has 1 aromatic rings. The lowest BCUT2D eigenvalue weighted by Gasteiger charge is -2.35. The van der Waals surface area contributed by atoms with Crippen LogP contribution in [0.1, 0.15) is 19.3 Å². The number of hydrogen-bond acceptors (Lipinski definition) is 2. The van der Waals surface area contributed by atoms with Crippen LogP contribution in [0.2, 0.25) is 0 Å². The van der Waals surface area contributed by atoms with E-state index in [-0.39, 0.29) is 5.41 Å². The van der Waals surface area contributed by atoms with Crippen LogP contribution in [0.5, 0.6) is 0 Å². The summed E-state index contributed by atoms with van der Waals surface area (Å²) in [6.07, 6.45) is 3.24. The Morgan fingerprint density at radius 3 is 2.67 bits per heavy atom. The molecule has 1 saturated carbocycles. The Kier molecular flexibility index (Phi) is 2.97. The second-order valence-corrected chi connectivity index (χ2v) is 4.93. The highest BCUT2D eigenvalue weighted by Gasteiger charge is 2.36. The molecule has 0 atom stereocenters. The van der Waals surface area contributed by atoms with Crippen molar-refractivity contribution >= 4 is 21.6 Å². The van der Waals surface area contributed by atoms with Gasteiger partial charge in [-0.2, -0.15) is 5.26 Å². The minimum Gasteiger partial charge on any atom is -0.383 e. The summed E-state index contributed by atoms with van der Waals surface area (Å²) >= 11 is 3.48. The first kappa shape index (κ1) is 10.5. The van der Waals surface area contributed by atoms with Crippen LogP contribution in [0.4, 0.5) is 5.69 Å². The molecule has 0 spiro atoms. The van der Waals surface area contributed by atoms with Gasteiger partial charge < -0.3 is 5.32 Å². The van der Waals surface area contributed by atoms with Gasteiger partial charge in [-0.1, -0.05) is 18.6 Å². The third kappa shape index (κ3) is 2.15. The molecular formula is C12H13BrN2. The Morgan fingerprint density at radius 2 is 2.13 bits per heavy atom. The smallest absolute Gasteiger partial charge is 0.0746 e. The van der Waals surface area contributed by atoms with E-state index in [1.54, 1.807) is 0 Å². The molecule has 0 amide bonds. The average Bonchev–Trinajstić information content (AvgIpc) is 2.19. The van der Waals surface area contributed by atoms with E-state index in [1.807, 2.05) is 24.3 Å². The molecule has 1 N–H and O–H groups in total. The number of nitrogens with one attached hydrogen (secondary N) is 1. The second-order valence-electron chi connectivity index (χ2n) is 4.08. The predicted octanol–water partition coefficient (Wildman–Crippen LogP) is 3.55. The summed E-state index contributed by atoms with van der Waals surface area (Å²) in [5, 5.41) is 12.4. The van der Waals surface area contributed by atoms with E-state index in [9.17, 15) is 0 Å². The topological polar surface area (TPSA) is 35.8 Å². The molecule has 0 aliphatic heterocycles. The van der Waals surface area contributed by atoms with Gasteiger partial charge in [-0.25, -0.2) is 0 Å². The van der Waals surface area contributed by atoms with Crippen LogP contribution in [-0.4, -0.2) is 6.54 Å². The van der Waals surface area contributed by atoms with Crippen LogP contribution in [0.3, 0.4) is 0 Å². The number of benzene rings is 1. The third-order valence-corrected chi connectivity index (χ3v) is 3.73. The fourth-order valence-electron chi connectivity index (χ4n) is 1.80. The van der Waals surface area contributed by atoms with Crippen molar-refractivity contribution in [2.75, 3.05) is 11.9 Å². The predicted molar refractivity (Wildman–Crippen MR) is 64.5 cm³/mol.